The van der Waals surface area contributed by atoms with Crippen molar-refractivity contribution in [3.05, 3.63) is 30.1 Å². The summed E-state index contributed by atoms with van der Waals surface area (Å²) in [6, 6.07) is 6.98. The van der Waals surface area contributed by atoms with E-state index in [-0.39, 0.29) is 11.2 Å². The van der Waals surface area contributed by atoms with E-state index >= 15 is 0 Å². The Kier molecular flexibility index (Phi) is 3.38. The summed E-state index contributed by atoms with van der Waals surface area (Å²) in [6.07, 6.45) is 1.06. The summed E-state index contributed by atoms with van der Waals surface area (Å²) in [7, 11) is 0. The van der Waals surface area contributed by atoms with Gasteiger partial charge in [-0.25, -0.2) is 4.39 Å². The zero-order valence-corrected chi connectivity index (χ0v) is 10.6. The third-order valence-corrected chi connectivity index (χ3v) is 4.05. The third kappa shape index (κ3) is 2.44. The molecule has 0 saturated carbocycles. The lowest BCUT2D eigenvalue weighted by molar-refractivity contribution is 0.176. The zero-order valence-electron chi connectivity index (χ0n) is 10.6. The number of nitrogens with zero attached hydrogens (tertiary/aromatic N) is 1. The van der Waals surface area contributed by atoms with Crippen molar-refractivity contribution < 1.29 is 4.39 Å². The van der Waals surface area contributed by atoms with E-state index in [9.17, 15) is 4.39 Å². The van der Waals surface area contributed by atoms with E-state index in [4.69, 9.17) is 5.73 Å². The first-order chi connectivity index (χ1) is 8.04. The Morgan fingerprint density at radius 1 is 1.41 bits per heavy atom. The number of nitrogens with two attached hydrogens (primary N) is 1. The summed E-state index contributed by atoms with van der Waals surface area (Å²) in [5.74, 6) is 0.291. The molecule has 2 N–H and O–H groups in total. The highest BCUT2D eigenvalue weighted by molar-refractivity contribution is 5.48. The van der Waals surface area contributed by atoms with E-state index in [1.54, 1.807) is 6.07 Å². The van der Waals surface area contributed by atoms with Crippen LogP contribution in [-0.2, 0) is 0 Å². The molecular formula is C14H21FN2. The summed E-state index contributed by atoms with van der Waals surface area (Å²) < 4.78 is 13.7. The number of para-hydroxylation sites is 1. The van der Waals surface area contributed by atoms with Crippen molar-refractivity contribution in [2.45, 2.75) is 20.3 Å². The molecule has 1 aliphatic heterocycles. The molecule has 1 unspecified atom stereocenters. The van der Waals surface area contributed by atoms with Gasteiger partial charge in [0.1, 0.15) is 5.82 Å². The number of hydrogen-bond donors (Lipinski definition) is 1. The standard InChI is InChI=1S/C14H21FN2/c1-14(2)7-8-17(10-11(14)9-16)13-6-4-3-5-12(13)15/h3-6,11H,7-10,16H2,1-2H3. The second kappa shape index (κ2) is 4.65. The second-order valence-electron chi connectivity index (χ2n) is 5.57. The lowest BCUT2D eigenvalue weighted by atomic mass is 9.73. The highest BCUT2D eigenvalue weighted by Crippen LogP contribution is 2.37. The maximum Gasteiger partial charge on any atom is 0.146 e. The molecule has 3 heteroatoms. The van der Waals surface area contributed by atoms with Crippen molar-refractivity contribution >= 4 is 5.69 Å². The van der Waals surface area contributed by atoms with Crippen LogP contribution in [0.5, 0.6) is 0 Å². The van der Waals surface area contributed by atoms with Gasteiger partial charge in [-0.3, -0.25) is 0 Å². The van der Waals surface area contributed by atoms with E-state index < -0.39 is 0 Å². The first-order valence-corrected chi connectivity index (χ1v) is 6.24. The fourth-order valence-corrected chi connectivity index (χ4v) is 2.55. The molecule has 1 atom stereocenters. The molecule has 1 aliphatic rings. The quantitative estimate of drug-likeness (QED) is 0.855. The molecule has 0 spiro atoms. The molecule has 2 nitrogen and oxygen atoms in total. The smallest absolute Gasteiger partial charge is 0.146 e. The Morgan fingerprint density at radius 2 is 2.12 bits per heavy atom. The molecule has 0 bridgehead atoms. The van der Waals surface area contributed by atoms with Gasteiger partial charge in [-0.1, -0.05) is 26.0 Å². The topological polar surface area (TPSA) is 29.3 Å². The molecule has 1 fully saturated rings. The monoisotopic (exact) mass is 236 g/mol. The van der Waals surface area contributed by atoms with Gasteiger partial charge in [0.05, 0.1) is 5.69 Å². The van der Waals surface area contributed by atoms with Gasteiger partial charge in [0, 0.05) is 13.1 Å². The molecule has 17 heavy (non-hydrogen) atoms. The number of halogens is 1. The predicted molar refractivity (Wildman–Crippen MR) is 69.6 cm³/mol. The number of rotatable bonds is 2. The summed E-state index contributed by atoms with van der Waals surface area (Å²) in [4.78, 5) is 2.12. The molecule has 0 radical (unpaired) electrons. The van der Waals surface area contributed by atoms with Gasteiger partial charge >= 0.3 is 0 Å². The van der Waals surface area contributed by atoms with Crippen LogP contribution in [0.4, 0.5) is 10.1 Å². The van der Waals surface area contributed by atoms with Crippen LogP contribution in [0.2, 0.25) is 0 Å². The van der Waals surface area contributed by atoms with E-state index in [0.29, 0.717) is 18.2 Å². The average Bonchev–Trinajstić information content (AvgIpc) is 2.30. The van der Waals surface area contributed by atoms with Gasteiger partial charge in [0.2, 0.25) is 0 Å². The largest absolute Gasteiger partial charge is 0.369 e. The average molecular weight is 236 g/mol. The fourth-order valence-electron chi connectivity index (χ4n) is 2.55. The number of anilines is 1. The lowest BCUT2D eigenvalue weighted by Crippen LogP contribution is -2.48. The van der Waals surface area contributed by atoms with Crippen molar-refractivity contribution in [3.8, 4) is 0 Å². The molecule has 1 heterocycles. The summed E-state index contributed by atoms with van der Waals surface area (Å²) >= 11 is 0. The lowest BCUT2D eigenvalue weighted by Gasteiger charge is -2.44. The molecule has 2 rings (SSSR count). The number of benzene rings is 1. The van der Waals surface area contributed by atoms with E-state index in [1.807, 2.05) is 12.1 Å². The summed E-state index contributed by atoms with van der Waals surface area (Å²) in [5.41, 5.74) is 6.81. The zero-order chi connectivity index (χ0) is 12.5. The van der Waals surface area contributed by atoms with E-state index in [0.717, 1.165) is 19.5 Å². The van der Waals surface area contributed by atoms with Crippen LogP contribution in [0.3, 0.4) is 0 Å². The highest BCUT2D eigenvalue weighted by atomic mass is 19.1. The Labute approximate surface area is 103 Å². The predicted octanol–water partition coefficient (Wildman–Crippen LogP) is 2.64. The van der Waals surface area contributed by atoms with Crippen LogP contribution >= 0.6 is 0 Å². The van der Waals surface area contributed by atoms with Crippen LogP contribution in [0.25, 0.3) is 0 Å². The van der Waals surface area contributed by atoms with Crippen molar-refractivity contribution in [3.63, 3.8) is 0 Å². The molecule has 1 saturated heterocycles. The van der Waals surface area contributed by atoms with Gasteiger partial charge in [-0.15, -0.1) is 0 Å². The molecule has 1 aromatic rings. The first-order valence-electron chi connectivity index (χ1n) is 6.24. The Bertz CT molecular complexity index is 390. The Morgan fingerprint density at radius 3 is 2.76 bits per heavy atom. The van der Waals surface area contributed by atoms with Gasteiger partial charge in [-0.05, 0) is 36.4 Å². The summed E-state index contributed by atoms with van der Waals surface area (Å²) in [6.45, 7) is 6.93. The van der Waals surface area contributed by atoms with Crippen LogP contribution in [-0.4, -0.2) is 19.6 Å². The normalized spacial score (nSPS) is 23.8. The number of hydrogen-bond acceptors (Lipinski definition) is 2. The van der Waals surface area contributed by atoms with Crippen LogP contribution < -0.4 is 10.6 Å². The molecule has 0 aliphatic carbocycles. The fraction of sp³-hybridized carbons (Fsp3) is 0.571. The third-order valence-electron chi connectivity index (χ3n) is 4.05. The SMILES string of the molecule is CC1(C)CCN(c2ccccc2F)CC1CN. The minimum absolute atomic E-state index is 0.136. The summed E-state index contributed by atoms with van der Waals surface area (Å²) in [5, 5.41) is 0. The van der Waals surface area contributed by atoms with Crippen LogP contribution in [0.1, 0.15) is 20.3 Å². The molecule has 0 amide bonds. The van der Waals surface area contributed by atoms with Crippen molar-refractivity contribution in [2.75, 3.05) is 24.5 Å². The van der Waals surface area contributed by atoms with Crippen LogP contribution in [0, 0.1) is 17.2 Å². The van der Waals surface area contributed by atoms with E-state index in [1.165, 1.54) is 6.07 Å². The van der Waals surface area contributed by atoms with Gasteiger partial charge < -0.3 is 10.6 Å². The van der Waals surface area contributed by atoms with Gasteiger partial charge in [-0.2, -0.15) is 0 Å². The Hall–Kier alpha value is -1.09. The molecule has 1 aromatic carbocycles. The first kappa shape index (κ1) is 12.4. The minimum atomic E-state index is -0.136. The maximum atomic E-state index is 13.7. The van der Waals surface area contributed by atoms with Gasteiger partial charge in [0.25, 0.3) is 0 Å². The molecule has 0 aromatic heterocycles. The second-order valence-corrected chi connectivity index (χ2v) is 5.57. The molecular weight excluding hydrogens is 215 g/mol. The maximum absolute atomic E-state index is 13.7. The number of piperidine rings is 1. The Balaban J connectivity index is 2.18. The van der Waals surface area contributed by atoms with Crippen molar-refractivity contribution in [1.82, 2.24) is 0 Å². The highest BCUT2D eigenvalue weighted by Gasteiger charge is 2.35. The molecule has 94 valence electrons. The van der Waals surface area contributed by atoms with Crippen LogP contribution in [0.15, 0.2) is 24.3 Å². The minimum Gasteiger partial charge on any atom is -0.369 e. The van der Waals surface area contributed by atoms with Crippen molar-refractivity contribution in [1.29, 1.82) is 0 Å². The van der Waals surface area contributed by atoms with E-state index in [2.05, 4.69) is 18.7 Å². The van der Waals surface area contributed by atoms with Crippen molar-refractivity contribution in [2.24, 2.45) is 17.1 Å². The van der Waals surface area contributed by atoms with Gasteiger partial charge in [0.15, 0.2) is 0 Å².